The Bertz CT molecular complexity index is 1130. The molecule has 202 valence electrons. The molecule has 6 heteroatoms. The fourth-order valence-electron chi connectivity index (χ4n) is 4.51. The molecule has 0 saturated carbocycles. The zero-order valence-corrected chi connectivity index (χ0v) is 23.1. The second-order valence-electron chi connectivity index (χ2n) is 9.33. The van der Waals surface area contributed by atoms with Crippen LogP contribution in [0, 0.1) is 0 Å². The molecule has 5 nitrogen and oxygen atoms in total. The van der Waals surface area contributed by atoms with Gasteiger partial charge in [0.1, 0.15) is 0 Å². The molecule has 0 radical (unpaired) electrons. The van der Waals surface area contributed by atoms with Gasteiger partial charge in [-0.3, -0.25) is 0 Å². The smallest absolute Gasteiger partial charge is 0.337 e. The molecule has 0 heterocycles. The lowest BCUT2D eigenvalue weighted by molar-refractivity contribution is -0.150. The van der Waals surface area contributed by atoms with Crippen molar-refractivity contribution in [3.05, 3.63) is 101 Å². The van der Waals surface area contributed by atoms with Crippen LogP contribution in [0.2, 0.25) is 0 Å². The van der Waals surface area contributed by atoms with Crippen molar-refractivity contribution in [2.24, 2.45) is 0 Å². The first-order chi connectivity index (χ1) is 18.5. The van der Waals surface area contributed by atoms with Crippen LogP contribution < -0.4 is 0 Å². The van der Waals surface area contributed by atoms with E-state index in [9.17, 15) is 14.7 Å². The number of carbonyl (C=O) groups excluding carboxylic acids is 2. The van der Waals surface area contributed by atoms with Crippen LogP contribution in [-0.2, 0) is 27.1 Å². The molecule has 0 bridgehead atoms. The third-order valence-corrected chi connectivity index (χ3v) is 7.94. The quantitative estimate of drug-likeness (QED) is 0.129. The molecule has 0 amide bonds. The summed E-state index contributed by atoms with van der Waals surface area (Å²) in [5, 5.41) is 10.4. The lowest BCUT2D eigenvalue weighted by Crippen LogP contribution is -2.28. The highest BCUT2D eigenvalue weighted by molar-refractivity contribution is 7.99. The third kappa shape index (κ3) is 9.03. The molecule has 3 aromatic carbocycles. The van der Waals surface area contributed by atoms with Gasteiger partial charge in [0.05, 0.1) is 25.0 Å². The van der Waals surface area contributed by atoms with E-state index in [2.05, 4.69) is 36.4 Å². The second-order valence-corrected chi connectivity index (χ2v) is 10.5. The Balaban J connectivity index is 1.58. The van der Waals surface area contributed by atoms with Gasteiger partial charge in [0.25, 0.3) is 0 Å². The van der Waals surface area contributed by atoms with Crippen LogP contribution in [0.25, 0.3) is 0 Å². The molecule has 0 aliphatic carbocycles. The number of esters is 2. The van der Waals surface area contributed by atoms with Crippen molar-refractivity contribution in [1.82, 2.24) is 0 Å². The number of carbonyl (C=O) groups is 2. The van der Waals surface area contributed by atoms with Crippen molar-refractivity contribution in [3.63, 3.8) is 0 Å². The molecule has 2 unspecified atom stereocenters. The van der Waals surface area contributed by atoms with Gasteiger partial charge in [-0.25, -0.2) is 9.59 Å². The van der Waals surface area contributed by atoms with E-state index < -0.39 is 23.3 Å². The Morgan fingerprint density at radius 3 is 2.00 bits per heavy atom. The van der Waals surface area contributed by atoms with E-state index in [0.717, 1.165) is 41.7 Å². The van der Waals surface area contributed by atoms with Crippen LogP contribution in [0.4, 0.5) is 0 Å². The number of methoxy groups -OCH3 is 2. The maximum absolute atomic E-state index is 12.3. The molecular weight excluding hydrogens is 496 g/mol. The van der Waals surface area contributed by atoms with E-state index in [-0.39, 0.29) is 0 Å². The minimum absolute atomic E-state index is 0.408. The van der Waals surface area contributed by atoms with Crippen molar-refractivity contribution in [2.75, 3.05) is 14.2 Å². The lowest BCUT2D eigenvalue weighted by Gasteiger charge is -2.24. The van der Waals surface area contributed by atoms with Crippen molar-refractivity contribution < 1.29 is 24.2 Å². The van der Waals surface area contributed by atoms with E-state index in [1.807, 2.05) is 18.2 Å². The molecule has 0 aliphatic rings. The van der Waals surface area contributed by atoms with Crippen molar-refractivity contribution in [2.45, 2.75) is 67.6 Å². The van der Waals surface area contributed by atoms with Gasteiger partial charge in [-0.2, -0.15) is 0 Å². The lowest BCUT2D eigenvalue weighted by atomic mass is 9.96. The van der Waals surface area contributed by atoms with E-state index in [0.29, 0.717) is 5.56 Å². The summed E-state index contributed by atoms with van der Waals surface area (Å²) in [4.78, 5) is 24.9. The van der Waals surface area contributed by atoms with Crippen molar-refractivity contribution in [3.8, 4) is 0 Å². The molecule has 2 atom stereocenters. The molecule has 0 saturated heterocycles. The summed E-state index contributed by atoms with van der Waals surface area (Å²) < 4.78 is 9.64. The number of aliphatic hydroxyl groups excluding tert-OH is 1. The van der Waals surface area contributed by atoms with E-state index in [4.69, 9.17) is 9.47 Å². The van der Waals surface area contributed by atoms with E-state index in [1.54, 1.807) is 24.3 Å². The summed E-state index contributed by atoms with van der Waals surface area (Å²) in [5.41, 5.74) is 3.91. The summed E-state index contributed by atoms with van der Waals surface area (Å²) in [7, 11) is 2.63. The average molecular weight is 535 g/mol. The fourth-order valence-corrected chi connectivity index (χ4v) is 5.70. The van der Waals surface area contributed by atoms with Crippen LogP contribution >= 0.6 is 11.8 Å². The zero-order chi connectivity index (χ0) is 27.2. The molecular formula is C32H38O5S. The topological polar surface area (TPSA) is 72.8 Å². The summed E-state index contributed by atoms with van der Waals surface area (Å²) in [5.74, 6) is -1.08. The maximum Gasteiger partial charge on any atom is 0.337 e. The molecule has 3 rings (SSSR count). The molecule has 38 heavy (non-hydrogen) atoms. The number of benzene rings is 3. The van der Waals surface area contributed by atoms with Gasteiger partial charge in [0.2, 0.25) is 0 Å². The Kier molecular flexibility index (Phi) is 12.4. The predicted octanol–water partition coefficient (Wildman–Crippen LogP) is 6.97. The average Bonchev–Trinajstić information content (AvgIpc) is 2.97. The monoisotopic (exact) mass is 534 g/mol. The normalized spacial score (nSPS) is 12.5. The molecule has 0 aliphatic heterocycles. The van der Waals surface area contributed by atoms with Gasteiger partial charge >= 0.3 is 11.9 Å². The first kappa shape index (κ1) is 29.5. The Hall–Kier alpha value is -3.09. The van der Waals surface area contributed by atoms with Crippen molar-refractivity contribution >= 4 is 23.7 Å². The van der Waals surface area contributed by atoms with Crippen LogP contribution in [0.15, 0.2) is 83.8 Å². The molecule has 3 aromatic rings. The number of ether oxygens (including phenoxy) is 2. The number of rotatable bonds is 15. The summed E-state index contributed by atoms with van der Waals surface area (Å²) in [6, 6.07) is 25.6. The third-order valence-electron chi connectivity index (χ3n) is 6.63. The number of hydrogen-bond acceptors (Lipinski definition) is 6. The maximum atomic E-state index is 12.3. The Morgan fingerprint density at radius 1 is 0.737 bits per heavy atom. The van der Waals surface area contributed by atoms with Crippen LogP contribution in [0.5, 0.6) is 0 Å². The highest BCUT2D eigenvalue weighted by Gasteiger charge is 2.31. The van der Waals surface area contributed by atoms with Gasteiger partial charge < -0.3 is 14.6 Å². The van der Waals surface area contributed by atoms with Crippen LogP contribution in [0.3, 0.4) is 0 Å². The Labute approximate surface area is 230 Å². The summed E-state index contributed by atoms with van der Waals surface area (Å²) in [6.07, 6.45) is 7.79. The first-order valence-electron chi connectivity index (χ1n) is 13.3. The largest absolute Gasteiger partial charge is 0.467 e. The van der Waals surface area contributed by atoms with Crippen LogP contribution in [0.1, 0.15) is 70.8 Å². The number of aliphatic hydroxyl groups is 1. The Morgan fingerprint density at radius 2 is 1.34 bits per heavy atom. The molecule has 0 aromatic heterocycles. The highest BCUT2D eigenvalue weighted by Crippen LogP contribution is 2.40. The SMILES string of the molecule is COC(=O)c1ccc(SC(c2ccccc2CCCCCCCCc2ccccc2)C(O)C(=O)OC)cc1. The molecule has 0 fully saturated rings. The highest BCUT2D eigenvalue weighted by atomic mass is 32.2. The fraction of sp³-hybridized carbons (Fsp3) is 0.375. The van der Waals surface area contributed by atoms with E-state index in [1.165, 1.54) is 57.2 Å². The minimum Gasteiger partial charge on any atom is -0.467 e. The van der Waals surface area contributed by atoms with Gasteiger partial charge in [-0.1, -0.05) is 80.3 Å². The number of thioether (sulfide) groups is 1. The second kappa shape index (κ2) is 16.0. The molecule has 0 spiro atoms. The minimum atomic E-state index is -1.32. The zero-order valence-electron chi connectivity index (χ0n) is 22.3. The number of hydrogen-bond donors (Lipinski definition) is 1. The van der Waals surface area contributed by atoms with Gasteiger partial charge in [-0.05, 0) is 66.6 Å². The predicted molar refractivity (Wildman–Crippen MR) is 152 cm³/mol. The summed E-state index contributed by atoms with van der Waals surface area (Å²) in [6.45, 7) is 0. The first-order valence-corrected chi connectivity index (χ1v) is 14.1. The van der Waals surface area contributed by atoms with Gasteiger partial charge in [0, 0.05) is 4.90 Å². The number of aryl methyl sites for hydroxylation is 2. The standard InChI is InChI=1S/C32H38O5S/c1-36-31(34)26-20-22-27(23-21-26)38-30(29(33)32(35)37-2)28-19-13-12-18-25(28)17-11-6-4-3-5-8-14-24-15-9-7-10-16-24/h7,9-10,12-13,15-16,18-23,29-30,33H,3-6,8,11,14,17H2,1-2H3. The molecule has 1 N–H and O–H groups in total. The van der Waals surface area contributed by atoms with Crippen LogP contribution in [-0.4, -0.2) is 37.4 Å². The van der Waals surface area contributed by atoms with Gasteiger partial charge in [0.15, 0.2) is 6.10 Å². The van der Waals surface area contributed by atoms with E-state index >= 15 is 0 Å². The number of unbranched alkanes of at least 4 members (excludes halogenated alkanes) is 5. The van der Waals surface area contributed by atoms with Crippen molar-refractivity contribution in [1.29, 1.82) is 0 Å². The summed E-state index contributed by atoms with van der Waals surface area (Å²) >= 11 is 1.38. The van der Waals surface area contributed by atoms with Gasteiger partial charge in [-0.15, -0.1) is 11.8 Å².